The second-order valence-electron chi connectivity index (χ2n) is 4.96. The first-order chi connectivity index (χ1) is 9.51. The van der Waals surface area contributed by atoms with Crippen LogP contribution in [0.5, 0.6) is 0 Å². The van der Waals surface area contributed by atoms with Crippen molar-refractivity contribution in [2.75, 3.05) is 5.32 Å². The van der Waals surface area contributed by atoms with Crippen LogP contribution in [0, 0.1) is 20.8 Å². The van der Waals surface area contributed by atoms with Crippen molar-refractivity contribution in [1.29, 1.82) is 0 Å². The summed E-state index contributed by atoms with van der Waals surface area (Å²) in [7, 11) is 0. The number of aryl methyl sites for hydroxylation is 3. The number of aromatic nitrogens is 2. The Morgan fingerprint density at radius 2 is 2.00 bits per heavy atom. The van der Waals surface area contributed by atoms with Gasteiger partial charge in [-0.05, 0) is 38.8 Å². The lowest BCUT2D eigenvalue weighted by Gasteiger charge is -2.10. The number of thiophene rings is 1. The Balaban J connectivity index is 2.15. The SMILES string of the molecule is CCCc1nc(Cl)c(C)c(NCc2cc(C)c(C)s2)n1. The van der Waals surface area contributed by atoms with Crippen molar-refractivity contribution in [2.24, 2.45) is 0 Å². The normalized spacial score (nSPS) is 10.8. The molecule has 0 atom stereocenters. The number of hydrogen-bond donors (Lipinski definition) is 1. The standard InChI is InChI=1S/C15H20ClN3S/c1-5-6-13-18-14(16)10(3)15(19-13)17-8-12-7-9(2)11(4)20-12/h7H,5-6,8H2,1-4H3,(H,17,18,19). The molecule has 1 N–H and O–H groups in total. The minimum absolute atomic E-state index is 0.546. The quantitative estimate of drug-likeness (QED) is 0.815. The molecule has 0 unspecified atom stereocenters. The first-order valence-corrected chi connectivity index (χ1v) is 8.03. The molecular formula is C15H20ClN3S. The lowest BCUT2D eigenvalue weighted by Crippen LogP contribution is -2.06. The largest absolute Gasteiger partial charge is 0.365 e. The van der Waals surface area contributed by atoms with E-state index in [2.05, 4.69) is 42.1 Å². The number of nitrogens with zero attached hydrogens (tertiary/aromatic N) is 2. The van der Waals surface area contributed by atoms with Crippen LogP contribution in [0.2, 0.25) is 5.15 Å². The molecule has 2 aromatic heterocycles. The third kappa shape index (κ3) is 3.49. The van der Waals surface area contributed by atoms with E-state index >= 15 is 0 Å². The van der Waals surface area contributed by atoms with Crippen LogP contribution in [0.4, 0.5) is 5.82 Å². The van der Waals surface area contributed by atoms with E-state index in [1.807, 2.05) is 18.3 Å². The molecule has 0 aromatic carbocycles. The molecule has 2 aromatic rings. The summed E-state index contributed by atoms with van der Waals surface area (Å²) in [6.45, 7) is 9.13. The van der Waals surface area contributed by atoms with Crippen molar-refractivity contribution < 1.29 is 0 Å². The average molecular weight is 310 g/mol. The van der Waals surface area contributed by atoms with Crippen LogP contribution in [0.25, 0.3) is 0 Å². The average Bonchev–Trinajstić information content (AvgIpc) is 2.71. The molecule has 0 radical (unpaired) electrons. The van der Waals surface area contributed by atoms with Crippen molar-refractivity contribution in [1.82, 2.24) is 9.97 Å². The highest BCUT2D eigenvalue weighted by molar-refractivity contribution is 7.12. The summed E-state index contributed by atoms with van der Waals surface area (Å²) in [6, 6.07) is 2.22. The Bertz CT molecular complexity index is 588. The maximum Gasteiger partial charge on any atom is 0.137 e. The van der Waals surface area contributed by atoms with E-state index in [1.165, 1.54) is 15.3 Å². The van der Waals surface area contributed by atoms with E-state index in [-0.39, 0.29) is 0 Å². The summed E-state index contributed by atoms with van der Waals surface area (Å²) < 4.78 is 0. The lowest BCUT2D eigenvalue weighted by molar-refractivity contribution is 0.830. The predicted octanol–water partition coefficient (Wildman–Crippen LogP) is 4.68. The van der Waals surface area contributed by atoms with E-state index < -0.39 is 0 Å². The van der Waals surface area contributed by atoms with Crippen LogP contribution < -0.4 is 5.32 Å². The predicted molar refractivity (Wildman–Crippen MR) is 86.9 cm³/mol. The Hall–Kier alpha value is -1.13. The Kier molecular flexibility index (Phi) is 5.00. The topological polar surface area (TPSA) is 37.8 Å². The lowest BCUT2D eigenvalue weighted by atomic mass is 10.2. The third-order valence-electron chi connectivity index (χ3n) is 3.25. The van der Waals surface area contributed by atoms with Crippen molar-refractivity contribution in [2.45, 2.75) is 47.1 Å². The van der Waals surface area contributed by atoms with E-state index in [0.717, 1.165) is 36.6 Å². The Morgan fingerprint density at radius 1 is 1.25 bits per heavy atom. The zero-order chi connectivity index (χ0) is 14.7. The van der Waals surface area contributed by atoms with E-state index in [0.29, 0.717) is 5.15 Å². The van der Waals surface area contributed by atoms with Crippen LogP contribution >= 0.6 is 22.9 Å². The first kappa shape index (κ1) is 15.3. The molecular weight excluding hydrogens is 290 g/mol. The molecule has 0 saturated heterocycles. The highest BCUT2D eigenvalue weighted by atomic mass is 35.5. The number of rotatable bonds is 5. The van der Waals surface area contributed by atoms with Gasteiger partial charge in [0.25, 0.3) is 0 Å². The monoisotopic (exact) mass is 309 g/mol. The van der Waals surface area contributed by atoms with Gasteiger partial charge in [0, 0.05) is 21.7 Å². The first-order valence-electron chi connectivity index (χ1n) is 6.84. The van der Waals surface area contributed by atoms with Gasteiger partial charge in [-0.25, -0.2) is 9.97 Å². The summed E-state index contributed by atoms with van der Waals surface area (Å²) in [5.74, 6) is 1.65. The maximum absolute atomic E-state index is 6.18. The maximum atomic E-state index is 6.18. The van der Waals surface area contributed by atoms with E-state index in [1.54, 1.807) is 0 Å². The molecule has 0 aliphatic rings. The molecule has 2 heterocycles. The number of halogens is 1. The molecule has 108 valence electrons. The van der Waals surface area contributed by atoms with E-state index in [4.69, 9.17) is 11.6 Å². The Labute approximate surface area is 129 Å². The van der Waals surface area contributed by atoms with Gasteiger partial charge in [0.05, 0.1) is 6.54 Å². The molecule has 0 aliphatic heterocycles. The van der Waals surface area contributed by atoms with Crippen LogP contribution in [-0.4, -0.2) is 9.97 Å². The molecule has 3 nitrogen and oxygen atoms in total. The molecule has 0 fully saturated rings. The summed E-state index contributed by atoms with van der Waals surface area (Å²) >= 11 is 8.00. The van der Waals surface area contributed by atoms with E-state index in [9.17, 15) is 0 Å². The molecule has 0 aliphatic carbocycles. The molecule has 5 heteroatoms. The summed E-state index contributed by atoms with van der Waals surface area (Å²) in [6.07, 6.45) is 1.87. The Morgan fingerprint density at radius 3 is 2.60 bits per heavy atom. The molecule has 0 bridgehead atoms. The van der Waals surface area contributed by atoms with Crippen molar-refractivity contribution in [3.63, 3.8) is 0 Å². The second kappa shape index (κ2) is 6.55. The zero-order valence-electron chi connectivity index (χ0n) is 12.4. The molecule has 0 saturated carbocycles. The second-order valence-corrected chi connectivity index (χ2v) is 6.66. The highest BCUT2D eigenvalue weighted by Crippen LogP contribution is 2.24. The zero-order valence-corrected chi connectivity index (χ0v) is 14.0. The molecule has 0 amide bonds. The van der Waals surface area contributed by atoms with Gasteiger partial charge >= 0.3 is 0 Å². The van der Waals surface area contributed by atoms with Crippen molar-refractivity contribution in [3.8, 4) is 0 Å². The van der Waals surface area contributed by atoms with Gasteiger partial charge in [-0.15, -0.1) is 11.3 Å². The highest BCUT2D eigenvalue weighted by Gasteiger charge is 2.09. The fourth-order valence-electron chi connectivity index (χ4n) is 1.95. The van der Waals surface area contributed by atoms with Gasteiger partial charge in [0.15, 0.2) is 0 Å². The van der Waals surface area contributed by atoms with Crippen LogP contribution in [0.3, 0.4) is 0 Å². The summed E-state index contributed by atoms with van der Waals surface area (Å²) in [5, 5.41) is 3.93. The van der Waals surface area contributed by atoms with Gasteiger partial charge in [0.2, 0.25) is 0 Å². The van der Waals surface area contributed by atoms with Crippen LogP contribution in [-0.2, 0) is 13.0 Å². The smallest absolute Gasteiger partial charge is 0.137 e. The van der Waals surface area contributed by atoms with Crippen molar-refractivity contribution in [3.05, 3.63) is 37.9 Å². The summed E-state index contributed by atoms with van der Waals surface area (Å²) in [4.78, 5) is 11.6. The molecule has 0 spiro atoms. The van der Waals surface area contributed by atoms with Crippen molar-refractivity contribution >= 4 is 28.8 Å². The fraction of sp³-hybridized carbons (Fsp3) is 0.467. The van der Waals surface area contributed by atoms with Gasteiger partial charge in [0.1, 0.15) is 16.8 Å². The van der Waals surface area contributed by atoms with Gasteiger partial charge < -0.3 is 5.32 Å². The number of nitrogens with one attached hydrogen (secondary N) is 1. The number of hydrogen-bond acceptors (Lipinski definition) is 4. The molecule has 20 heavy (non-hydrogen) atoms. The van der Waals surface area contributed by atoms with Gasteiger partial charge in [-0.3, -0.25) is 0 Å². The number of anilines is 1. The van der Waals surface area contributed by atoms with Crippen LogP contribution in [0.15, 0.2) is 6.07 Å². The molecule has 2 rings (SSSR count). The fourth-order valence-corrected chi connectivity index (χ4v) is 3.13. The summed E-state index contributed by atoms with van der Waals surface area (Å²) in [5.41, 5.74) is 2.26. The van der Waals surface area contributed by atoms with Gasteiger partial charge in [-0.2, -0.15) is 0 Å². The minimum Gasteiger partial charge on any atom is -0.365 e. The van der Waals surface area contributed by atoms with Crippen LogP contribution in [0.1, 0.15) is 40.1 Å². The third-order valence-corrected chi connectivity index (χ3v) is 4.77. The van der Waals surface area contributed by atoms with Gasteiger partial charge in [-0.1, -0.05) is 18.5 Å². The minimum atomic E-state index is 0.546.